The van der Waals surface area contributed by atoms with Gasteiger partial charge in [-0.05, 0) is 48.9 Å². The summed E-state index contributed by atoms with van der Waals surface area (Å²) in [6.07, 6.45) is 6.64. The highest BCUT2D eigenvalue weighted by atomic mass is 16.3. The van der Waals surface area contributed by atoms with Crippen molar-refractivity contribution in [2.75, 3.05) is 13.1 Å². The van der Waals surface area contributed by atoms with Crippen molar-refractivity contribution in [2.24, 2.45) is 11.8 Å². The van der Waals surface area contributed by atoms with Gasteiger partial charge in [0, 0.05) is 31.7 Å². The molecule has 2 fully saturated rings. The number of aromatic nitrogens is 4. The lowest BCUT2D eigenvalue weighted by molar-refractivity contribution is 0.0306. The third-order valence-electron chi connectivity index (χ3n) is 5.85. The van der Waals surface area contributed by atoms with Gasteiger partial charge in [0.1, 0.15) is 0 Å². The first-order chi connectivity index (χ1) is 12.7. The van der Waals surface area contributed by atoms with E-state index in [1.54, 1.807) is 10.7 Å². The molecule has 3 aromatic heterocycles. The largest absolute Gasteiger partial charge is 0.391 e. The predicted molar refractivity (Wildman–Crippen MR) is 94.6 cm³/mol. The highest BCUT2D eigenvalue weighted by molar-refractivity contribution is 5.93. The number of hydrogen-bond donors (Lipinski definition) is 1. The standard InChI is InChI=1S/C19H21N5O2/c25-18-9-14-12-22(11-13(14)8-17(18)24-7-3-5-20-24)19(26)16-10-15-4-1-2-6-23(15)21-16/h1-7,10,13-14,17-18,25H,8-9,11-12H2/t13-,14+,17-,18-/m1/s1. The van der Waals surface area contributed by atoms with E-state index in [1.807, 2.05) is 52.3 Å². The summed E-state index contributed by atoms with van der Waals surface area (Å²) in [7, 11) is 0. The lowest BCUT2D eigenvalue weighted by atomic mass is 9.77. The van der Waals surface area contributed by atoms with Gasteiger partial charge < -0.3 is 10.0 Å². The Balaban J connectivity index is 1.34. The average molecular weight is 351 g/mol. The number of nitrogens with zero attached hydrogens (tertiary/aromatic N) is 5. The van der Waals surface area contributed by atoms with Crippen molar-refractivity contribution in [1.82, 2.24) is 24.3 Å². The SMILES string of the molecule is O=C(c1cc2ccccn2n1)N1C[C@H]2C[C@@H](n3cccn3)[C@H](O)C[C@H]2C1. The molecule has 1 saturated carbocycles. The summed E-state index contributed by atoms with van der Waals surface area (Å²) in [4.78, 5) is 14.8. The molecular formula is C19H21N5O2. The fourth-order valence-corrected chi connectivity index (χ4v) is 4.54. The van der Waals surface area contributed by atoms with E-state index in [0.717, 1.165) is 18.5 Å². The number of hydrogen-bond acceptors (Lipinski definition) is 4. The first-order valence-electron chi connectivity index (χ1n) is 9.10. The summed E-state index contributed by atoms with van der Waals surface area (Å²) in [5.41, 5.74) is 1.40. The van der Waals surface area contributed by atoms with Gasteiger partial charge in [-0.25, -0.2) is 4.52 Å². The van der Waals surface area contributed by atoms with Crippen LogP contribution in [0.5, 0.6) is 0 Å². The Kier molecular flexibility index (Phi) is 3.56. The summed E-state index contributed by atoms with van der Waals surface area (Å²) < 4.78 is 3.58. The number of aliphatic hydroxyl groups excluding tert-OH is 1. The van der Waals surface area contributed by atoms with Crippen molar-refractivity contribution in [1.29, 1.82) is 0 Å². The Morgan fingerprint density at radius 1 is 1.12 bits per heavy atom. The molecule has 7 heteroatoms. The zero-order chi connectivity index (χ0) is 17.7. The third-order valence-corrected chi connectivity index (χ3v) is 5.85. The van der Waals surface area contributed by atoms with Crippen molar-refractivity contribution >= 4 is 11.4 Å². The summed E-state index contributed by atoms with van der Waals surface area (Å²) >= 11 is 0. The van der Waals surface area contributed by atoms with Gasteiger partial charge in [-0.1, -0.05) is 6.07 Å². The molecular weight excluding hydrogens is 330 g/mol. The van der Waals surface area contributed by atoms with Crippen LogP contribution < -0.4 is 0 Å². The van der Waals surface area contributed by atoms with Gasteiger partial charge >= 0.3 is 0 Å². The van der Waals surface area contributed by atoms with Gasteiger partial charge in [-0.2, -0.15) is 10.2 Å². The Hall–Kier alpha value is -2.67. The maximum absolute atomic E-state index is 12.9. The van der Waals surface area contributed by atoms with E-state index in [9.17, 15) is 9.90 Å². The van der Waals surface area contributed by atoms with E-state index in [-0.39, 0.29) is 11.9 Å². The predicted octanol–water partition coefficient (Wildman–Crippen LogP) is 1.61. The molecule has 1 aliphatic carbocycles. The van der Waals surface area contributed by atoms with E-state index in [4.69, 9.17) is 0 Å². The highest BCUT2D eigenvalue weighted by Gasteiger charge is 2.44. The fourth-order valence-electron chi connectivity index (χ4n) is 4.54. The van der Waals surface area contributed by atoms with Gasteiger partial charge in [-0.15, -0.1) is 0 Å². The van der Waals surface area contributed by atoms with Crippen LogP contribution in [0.3, 0.4) is 0 Å². The second-order valence-electron chi connectivity index (χ2n) is 7.42. The van der Waals surface area contributed by atoms with Crippen molar-refractivity contribution in [3.8, 4) is 0 Å². The smallest absolute Gasteiger partial charge is 0.274 e. The maximum atomic E-state index is 12.9. The van der Waals surface area contributed by atoms with Crippen LogP contribution in [0.15, 0.2) is 48.9 Å². The molecule has 1 saturated heterocycles. The molecule has 1 N–H and O–H groups in total. The van der Waals surface area contributed by atoms with Crippen LogP contribution in [0.2, 0.25) is 0 Å². The van der Waals surface area contributed by atoms with E-state index in [1.165, 1.54) is 0 Å². The number of carbonyl (C=O) groups is 1. The Morgan fingerprint density at radius 2 is 1.96 bits per heavy atom. The number of aliphatic hydroxyl groups is 1. The zero-order valence-corrected chi connectivity index (χ0v) is 14.3. The molecule has 2 aliphatic rings. The molecule has 0 aromatic carbocycles. The number of fused-ring (bicyclic) bond motifs is 2. The molecule has 1 aliphatic heterocycles. The number of amides is 1. The van der Waals surface area contributed by atoms with Gasteiger partial charge in [0.25, 0.3) is 5.91 Å². The average Bonchev–Trinajstić information content (AvgIpc) is 3.38. The minimum Gasteiger partial charge on any atom is -0.391 e. The minimum absolute atomic E-state index is 0.00324. The zero-order valence-electron chi connectivity index (χ0n) is 14.3. The van der Waals surface area contributed by atoms with Gasteiger partial charge in [-0.3, -0.25) is 9.48 Å². The molecule has 1 amide bonds. The second-order valence-corrected chi connectivity index (χ2v) is 7.42. The van der Waals surface area contributed by atoms with Crippen LogP contribution in [0.4, 0.5) is 0 Å². The fraction of sp³-hybridized carbons (Fsp3) is 0.421. The third kappa shape index (κ3) is 2.50. The van der Waals surface area contributed by atoms with E-state index in [2.05, 4.69) is 10.2 Å². The summed E-state index contributed by atoms with van der Waals surface area (Å²) in [6.45, 7) is 1.42. The molecule has 0 radical (unpaired) electrons. The van der Waals surface area contributed by atoms with Gasteiger partial charge in [0.05, 0.1) is 17.7 Å². The van der Waals surface area contributed by atoms with Crippen LogP contribution in [-0.4, -0.2) is 54.5 Å². The number of rotatable bonds is 2. The normalized spacial score (nSPS) is 28.4. The Morgan fingerprint density at radius 3 is 2.73 bits per heavy atom. The number of carbonyl (C=O) groups excluding carboxylic acids is 1. The van der Waals surface area contributed by atoms with E-state index < -0.39 is 6.10 Å². The quantitative estimate of drug-likeness (QED) is 0.761. The van der Waals surface area contributed by atoms with Crippen LogP contribution >= 0.6 is 0 Å². The maximum Gasteiger partial charge on any atom is 0.274 e. The molecule has 0 bridgehead atoms. The van der Waals surface area contributed by atoms with Crippen LogP contribution in [0, 0.1) is 11.8 Å². The topological polar surface area (TPSA) is 75.7 Å². The van der Waals surface area contributed by atoms with Crippen molar-refractivity contribution < 1.29 is 9.90 Å². The van der Waals surface area contributed by atoms with Gasteiger partial charge in [0.15, 0.2) is 5.69 Å². The Labute approximate surface area is 150 Å². The molecule has 7 nitrogen and oxygen atoms in total. The first kappa shape index (κ1) is 15.6. The molecule has 0 unspecified atom stereocenters. The van der Waals surface area contributed by atoms with Crippen molar-refractivity contribution in [3.63, 3.8) is 0 Å². The van der Waals surface area contributed by atoms with Crippen LogP contribution in [0.1, 0.15) is 29.4 Å². The van der Waals surface area contributed by atoms with Crippen LogP contribution in [-0.2, 0) is 0 Å². The number of likely N-dealkylation sites (tertiary alicyclic amines) is 1. The first-order valence-corrected chi connectivity index (χ1v) is 9.10. The van der Waals surface area contributed by atoms with Crippen molar-refractivity contribution in [2.45, 2.75) is 25.0 Å². The molecule has 0 spiro atoms. The molecule has 5 rings (SSSR count). The summed E-state index contributed by atoms with van der Waals surface area (Å²) in [5.74, 6) is 0.722. The lowest BCUT2D eigenvalue weighted by Gasteiger charge is -2.35. The monoisotopic (exact) mass is 351 g/mol. The van der Waals surface area contributed by atoms with E-state index >= 15 is 0 Å². The molecule has 26 heavy (non-hydrogen) atoms. The summed E-state index contributed by atoms with van der Waals surface area (Å²) in [5, 5.41) is 19.2. The molecule has 4 heterocycles. The van der Waals surface area contributed by atoms with Gasteiger partial charge in [0.2, 0.25) is 0 Å². The Bertz CT molecular complexity index is 901. The molecule has 3 aromatic rings. The lowest BCUT2D eigenvalue weighted by Crippen LogP contribution is -2.36. The molecule has 4 atom stereocenters. The number of pyridine rings is 1. The van der Waals surface area contributed by atoms with Crippen molar-refractivity contribution in [3.05, 3.63) is 54.6 Å². The van der Waals surface area contributed by atoms with E-state index in [0.29, 0.717) is 30.5 Å². The highest BCUT2D eigenvalue weighted by Crippen LogP contribution is 2.41. The van der Waals surface area contributed by atoms with Crippen LogP contribution in [0.25, 0.3) is 5.52 Å². The minimum atomic E-state index is -0.415. The second kappa shape index (κ2) is 5.95. The molecule has 134 valence electrons. The summed E-state index contributed by atoms with van der Waals surface area (Å²) in [6, 6.07) is 9.50.